The number of benzene rings is 2. The summed E-state index contributed by atoms with van der Waals surface area (Å²) in [6.45, 7) is 4.67. The van der Waals surface area contributed by atoms with E-state index in [1.165, 1.54) is 0 Å². The molecule has 2 rings (SSSR count). The first-order valence-corrected chi connectivity index (χ1v) is 6.66. The minimum Gasteiger partial charge on any atom is -0.380 e. The lowest BCUT2D eigenvalue weighted by Crippen LogP contribution is -2.04. The van der Waals surface area contributed by atoms with Crippen molar-refractivity contribution in [2.45, 2.75) is 0 Å². The van der Waals surface area contributed by atoms with E-state index in [4.69, 9.17) is 5.26 Å². The Labute approximate surface area is 121 Å². The largest absolute Gasteiger partial charge is 0.380 e. The quantitative estimate of drug-likeness (QED) is 0.905. The molecule has 0 spiro atoms. The number of halogens is 1. The van der Waals surface area contributed by atoms with Crippen molar-refractivity contribution in [3.8, 4) is 6.07 Å². The van der Waals surface area contributed by atoms with Crippen molar-refractivity contribution >= 4 is 27.2 Å². The number of rotatable bonds is 4. The van der Waals surface area contributed by atoms with E-state index in [-0.39, 0.29) is 0 Å². The molecule has 0 aromatic heterocycles. The summed E-state index contributed by atoms with van der Waals surface area (Å²) in [7, 11) is 0. The predicted octanol–water partition coefficient (Wildman–Crippen LogP) is 4.45. The van der Waals surface area contributed by atoms with Gasteiger partial charge in [-0.2, -0.15) is 5.26 Å². The second-order valence-corrected chi connectivity index (χ2v) is 5.04. The van der Waals surface area contributed by atoms with Gasteiger partial charge in [0.05, 0.1) is 11.3 Å². The van der Waals surface area contributed by atoms with Crippen molar-refractivity contribution in [3.63, 3.8) is 0 Å². The Morgan fingerprint density at radius 2 is 1.95 bits per heavy atom. The molecule has 0 aliphatic carbocycles. The maximum Gasteiger partial charge on any atom is 0.101 e. The third-order valence-corrected chi connectivity index (χ3v) is 3.27. The van der Waals surface area contributed by atoms with Crippen molar-refractivity contribution in [1.82, 2.24) is 0 Å². The van der Waals surface area contributed by atoms with Gasteiger partial charge in [0.1, 0.15) is 6.07 Å². The average Bonchev–Trinajstić information content (AvgIpc) is 2.46. The van der Waals surface area contributed by atoms with Crippen molar-refractivity contribution in [2.75, 3.05) is 11.9 Å². The lowest BCUT2D eigenvalue weighted by Gasteiger charge is -2.10. The van der Waals surface area contributed by atoms with Crippen LogP contribution in [0.1, 0.15) is 11.1 Å². The van der Waals surface area contributed by atoms with Gasteiger partial charge in [-0.1, -0.05) is 52.8 Å². The number of nitriles is 1. The van der Waals surface area contributed by atoms with Gasteiger partial charge in [-0.05, 0) is 29.3 Å². The van der Waals surface area contributed by atoms with Crippen LogP contribution in [0.25, 0.3) is 5.57 Å². The topological polar surface area (TPSA) is 35.8 Å². The fourth-order valence-electron chi connectivity index (χ4n) is 1.74. The molecule has 2 aromatic carbocycles. The Kier molecular flexibility index (Phi) is 4.38. The Balaban J connectivity index is 2.08. The molecule has 2 aromatic rings. The highest BCUT2D eigenvalue weighted by atomic mass is 79.9. The average molecular weight is 313 g/mol. The Hall–Kier alpha value is -2.05. The maximum atomic E-state index is 9.09. The van der Waals surface area contributed by atoms with Gasteiger partial charge >= 0.3 is 0 Å². The first-order valence-electron chi connectivity index (χ1n) is 5.87. The van der Waals surface area contributed by atoms with Crippen molar-refractivity contribution in [2.24, 2.45) is 0 Å². The van der Waals surface area contributed by atoms with E-state index in [2.05, 4.69) is 33.9 Å². The van der Waals surface area contributed by atoms with E-state index in [9.17, 15) is 0 Å². The Bertz CT molecular complexity index is 627. The van der Waals surface area contributed by atoms with E-state index < -0.39 is 0 Å². The molecular weight excluding hydrogens is 300 g/mol. The molecule has 1 N–H and O–H groups in total. The van der Waals surface area contributed by atoms with Gasteiger partial charge in [0, 0.05) is 11.0 Å². The highest BCUT2D eigenvalue weighted by Gasteiger charge is 2.03. The minimum atomic E-state index is 0.611. The summed E-state index contributed by atoms with van der Waals surface area (Å²) >= 11 is 3.36. The van der Waals surface area contributed by atoms with Gasteiger partial charge in [-0.3, -0.25) is 0 Å². The zero-order chi connectivity index (χ0) is 13.7. The molecule has 3 heteroatoms. The monoisotopic (exact) mass is 312 g/mol. The molecule has 94 valence electrons. The van der Waals surface area contributed by atoms with Crippen LogP contribution >= 0.6 is 15.9 Å². The Morgan fingerprint density at radius 3 is 2.63 bits per heavy atom. The van der Waals surface area contributed by atoms with Crippen molar-refractivity contribution < 1.29 is 0 Å². The summed E-state index contributed by atoms with van der Waals surface area (Å²) in [4.78, 5) is 0. The second-order valence-electron chi connectivity index (χ2n) is 4.12. The van der Waals surface area contributed by atoms with Gasteiger partial charge < -0.3 is 5.32 Å². The van der Waals surface area contributed by atoms with Crippen LogP contribution in [0.3, 0.4) is 0 Å². The second kappa shape index (κ2) is 6.21. The van der Waals surface area contributed by atoms with Crippen LogP contribution in [-0.2, 0) is 0 Å². The molecule has 0 heterocycles. The van der Waals surface area contributed by atoms with Crippen LogP contribution in [0.15, 0.2) is 59.6 Å². The number of hydrogen-bond donors (Lipinski definition) is 1. The molecule has 0 radical (unpaired) electrons. The maximum absolute atomic E-state index is 9.09. The van der Waals surface area contributed by atoms with Crippen LogP contribution in [0.2, 0.25) is 0 Å². The van der Waals surface area contributed by atoms with Crippen LogP contribution < -0.4 is 5.32 Å². The molecule has 0 aliphatic rings. The SMILES string of the molecule is C=C(CNc1ccc(Br)cc1C#N)c1ccccc1. The summed E-state index contributed by atoms with van der Waals surface area (Å²) in [6, 6.07) is 17.8. The van der Waals surface area contributed by atoms with Crippen LogP contribution in [0, 0.1) is 11.3 Å². The molecule has 0 bridgehead atoms. The van der Waals surface area contributed by atoms with E-state index >= 15 is 0 Å². The summed E-state index contributed by atoms with van der Waals surface area (Å²) in [5.41, 5.74) is 3.54. The zero-order valence-electron chi connectivity index (χ0n) is 10.4. The fraction of sp³-hybridized carbons (Fsp3) is 0.0625. The normalized spacial score (nSPS) is 9.68. The fourth-order valence-corrected chi connectivity index (χ4v) is 2.10. The third-order valence-electron chi connectivity index (χ3n) is 2.78. The lowest BCUT2D eigenvalue weighted by molar-refractivity contribution is 1.33. The van der Waals surface area contributed by atoms with Gasteiger partial charge in [-0.25, -0.2) is 0 Å². The summed E-state index contributed by atoms with van der Waals surface area (Å²) in [5.74, 6) is 0. The van der Waals surface area contributed by atoms with Crippen LogP contribution in [0.5, 0.6) is 0 Å². The van der Waals surface area contributed by atoms with Gasteiger partial charge in [-0.15, -0.1) is 0 Å². The number of hydrogen-bond acceptors (Lipinski definition) is 2. The standard InChI is InChI=1S/C16H13BrN2/c1-12(13-5-3-2-4-6-13)11-19-16-8-7-15(17)9-14(16)10-18/h2-9,19H,1,11H2. The smallest absolute Gasteiger partial charge is 0.101 e. The molecule has 0 fully saturated rings. The predicted molar refractivity (Wildman–Crippen MR) is 82.8 cm³/mol. The zero-order valence-corrected chi connectivity index (χ0v) is 11.9. The van der Waals surface area contributed by atoms with E-state index in [0.717, 1.165) is 21.3 Å². The molecule has 0 saturated carbocycles. The molecule has 0 aliphatic heterocycles. The minimum absolute atomic E-state index is 0.611. The van der Waals surface area contributed by atoms with Crippen LogP contribution in [0.4, 0.5) is 5.69 Å². The number of nitrogens with one attached hydrogen (secondary N) is 1. The molecule has 0 saturated heterocycles. The van der Waals surface area contributed by atoms with Crippen LogP contribution in [-0.4, -0.2) is 6.54 Å². The van der Waals surface area contributed by atoms with Crippen molar-refractivity contribution in [1.29, 1.82) is 5.26 Å². The molecule has 19 heavy (non-hydrogen) atoms. The van der Waals surface area contributed by atoms with E-state index in [0.29, 0.717) is 12.1 Å². The first kappa shape index (κ1) is 13.4. The van der Waals surface area contributed by atoms with E-state index in [1.807, 2.05) is 42.5 Å². The molecule has 0 atom stereocenters. The summed E-state index contributed by atoms with van der Waals surface area (Å²) in [5, 5.41) is 12.3. The first-order chi connectivity index (χ1) is 9.20. The summed E-state index contributed by atoms with van der Waals surface area (Å²) < 4.78 is 0.900. The molecule has 0 unspecified atom stereocenters. The highest BCUT2D eigenvalue weighted by molar-refractivity contribution is 9.10. The van der Waals surface area contributed by atoms with E-state index in [1.54, 1.807) is 6.07 Å². The lowest BCUT2D eigenvalue weighted by atomic mass is 10.1. The molecule has 0 amide bonds. The van der Waals surface area contributed by atoms with Gasteiger partial charge in [0.2, 0.25) is 0 Å². The molecule has 2 nitrogen and oxygen atoms in total. The highest BCUT2D eigenvalue weighted by Crippen LogP contribution is 2.21. The summed E-state index contributed by atoms with van der Waals surface area (Å²) in [6.07, 6.45) is 0. The molecular formula is C16H13BrN2. The number of nitrogens with zero attached hydrogens (tertiary/aromatic N) is 1. The van der Waals surface area contributed by atoms with Gasteiger partial charge in [0.15, 0.2) is 0 Å². The van der Waals surface area contributed by atoms with Gasteiger partial charge in [0.25, 0.3) is 0 Å². The number of anilines is 1. The van der Waals surface area contributed by atoms with Crippen molar-refractivity contribution in [3.05, 3.63) is 70.7 Å². The Morgan fingerprint density at radius 1 is 1.21 bits per heavy atom. The third kappa shape index (κ3) is 3.46.